The third-order valence-corrected chi connectivity index (χ3v) is 3.20. The molecular weight excluding hydrogens is 301 g/mol. The van der Waals surface area contributed by atoms with Crippen LogP contribution < -0.4 is 10.6 Å². The molecule has 0 bridgehead atoms. The summed E-state index contributed by atoms with van der Waals surface area (Å²) in [7, 11) is 0. The fraction of sp³-hybridized carbons (Fsp3) is 0.333. The Morgan fingerprint density at radius 2 is 1.83 bits per heavy atom. The van der Waals surface area contributed by atoms with E-state index in [1.54, 1.807) is 12.1 Å². The molecular formula is C15H18FN5O2. The summed E-state index contributed by atoms with van der Waals surface area (Å²) in [5.41, 5.74) is 0.602. The molecule has 0 fully saturated rings. The number of nitrogens with one attached hydrogen (secondary N) is 2. The Balaban J connectivity index is 2.15. The van der Waals surface area contributed by atoms with Crippen LogP contribution in [0.2, 0.25) is 0 Å². The van der Waals surface area contributed by atoms with E-state index >= 15 is 0 Å². The molecule has 0 atom stereocenters. The third-order valence-electron chi connectivity index (χ3n) is 3.20. The first-order valence-corrected chi connectivity index (χ1v) is 7.33. The predicted octanol–water partition coefficient (Wildman–Crippen LogP) is 3.35. The lowest BCUT2D eigenvalue weighted by Gasteiger charge is -2.10. The molecule has 122 valence electrons. The van der Waals surface area contributed by atoms with Gasteiger partial charge in [0.05, 0.1) is 4.92 Å². The molecule has 1 aromatic carbocycles. The summed E-state index contributed by atoms with van der Waals surface area (Å²) in [5, 5.41) is 17.2. The Hall–Kier alpha value is -2.77. The molecule has 23 heavy (non-hydrogen) atoms. The summed E-state index contributed by atoms with van der Waals surface area (Å²) < 4.78 is 12.9. The monoisotopic (exact) mass is 319 g/mol. The van der Waals surface area contributed by atoms with E-state index in [0.717, 1.165) is 18.4 Å². The number of hydrogen-bond donors (Lipinski definition) is 2. The van der Waals surface area contributed by atoms with Crippen LogP contribution in [0.5, 0.6) is 0 Å². The number of rotatable bonds is 8. The van der Waals surface area contributed by atoms with E-state index in [9.17, 15) is 14.5 Å². The van der Waals surface area contributed by atoms with E-state index in [4.69, 9.17) is 0 Å². The molecule has 0 amide bonds. The molecule has 0 saturated heterocycles. The van der Waals surface area contributed by atoms with Crippen LogP contribution in [0.4, 0.5) is 21.7 Å². The zero-order valence-corrected chi connectivity index (χ0v) is 12.8. The number of nitro groups is 1. The predicted molar refractivity (Wildman–Crippen MR) is 85.8 cm³/mol. The van der Waals surface area contributed by atoms with Crippen LogP contribution in [0.15, 0.2) is 30.6 Å². The van der Waals surface area contributed by atoms with Crippen molar-refractivity contribution in [1.29, 1.82) is 0 Å². The molecule has 0 spiro atoms. The van der Waals surface area contributed by atoms with E-state index in [1.807, 2.05) is 6.92 Å². The van der Waals surface area contributed by atoms with Crippen molar-refractivity contribution in [1.82, 2.24) is 9.97 Å². The van der Waals surface area contributed by atoms with E-state index in [-0.39, 0.29) is 23.1 Å². The quantitative estimate of drug-likeness (QED) is 0.440. The average Bonchev–Trinajstić information content (AvgIpc) is 2.54. The van der Waals surface area contributed by atoms with Gasteiger partial charge in [0.2, 0.25) is 11.6 Å². The smallest absolute Gasteiger partial charge is 0.353 e. The zero-order chi connectivity index (χ0) is 16.7. The van der Waals surface area contributed by atoms with Crippen molar-refractivity contribution in [3.05, 3.63) is 52.1 Å². The van der Waals surface area contributed by atoms with Gasteiger partial charge in [0.15, 0.2) is 0 Å². The topological polar surface area (TPSA) is 93.0 Å². The van der Waals surface area contributed by atoms with Crippen LogP contribution >= 0.6 is 0 Å². The molecule has 1 aromatic heterocycles. The van der Waals surface area contributed by atoms with E-state index in [0.29, 0.717) is 13.1 Å². The maximum atomic E-state index is 12.9. The van der Waals surface area contributed by atoms with Crippen molar-refractivity contribution in [2.45, 2.75) is 26.3 Å². The summed E-state index contributed by atoms with van der Waals surface area (Å²) in [6.07, 6.45) is 3.13. The minimum absolute atomic E-state index is 0.133. The number of anilines is 2. The van der Waals surface area contributed by atoms with Crippen molar-refractivity contribution < 1.29 is 9.31 Å². The molecule has 0 aliphatic rings. The number of benzene rings is 1. The number of hydrogen-bond acceptors (Lipinski definition) is 6. The van der Waals surface area contributed by atoms with Crippen LogP contribution in [-0.4, -0.2) is 21.4 Å². The van der Waals surface area contributed by atoms with Gasteiger partial charge in [-0.05, 0) is 24.1 Å². The molecule has 0 unspecified atom stereocenters. The summed E-state index contributed by atoms with van der Waals surface area (Å²) in [6, 6.07) is 5.89. The lowest BCUT2D eigenvalue weighted by molar-refractivity contribution is -0.383. The van der Waals surface area contributed by atoms with Gasteiger partial charge in [-0.2, -0.15) is 0 Å². The van der Waals surface area contributed by atoms with Gasteiger partial charge in [0, 0.05) is 13.1 Å². The maximum Gasteiger partial charge on any atom is 0.353 e. The number of aromatic nitrogens is 2. The van der Waals surface area contributed by atoms with Crippen molar-refractivity contribution >= 4 is 17.3 Å². The molecule has 7 nitrogen and oxygen atoms in total. The highest BCUT2D eigenvalue weighted by Crippen LogP contribution is 2.29. The molecule has 0 aliphatic heterocycles. The van der Waals surface area contributed by atoms with Crippen LogP contribution in [0, 0.1) is 15.9 Å². The zero-order valence-electron chi connectivity index (χ0n) is 12.8. The first-order chi connectivity index (χ1) is 11.1. The van der Waals surface area contributed by atoms with Crippen molar-refractivity contribution in [2.75, 3.05) is 17.2 Å². The number of unbranched alkanes of at least 4 members (excludes halogenated alkanes) is 1. The maximum absolute atomic E-state index is 12.9. The first kappa shape index (κ1) is 16.6. The highest BCUT2D eigenvalue weighted by Gasteiger charge is 2.22. The number of nitrogens with zero attached hydrogens (tertiary/aromatic N) is 3. The Morgan fingerprint density at radius 1 is 1.17 bits per heavy atom. The molecule has 2 N–H and O–H groups in total. The molecule has 0 saturated carbocycles. The first-order valence-electron chi connectivity index (χ1n) is 7.33. The minimum atomic E-state index is -0.513. The van der Waals surface area contributed by atoms with Crippen molar-refractivity contribution in [3.8, 4) is 0 Å². The minimum Gasteiger partial charge on any atom is -0.364 e. The van der Waals surface area contributed by atoms with Gasteiger partial charge in [0.25, 0.3) is 0 Å². The summed E-state index contributed by atoms with van der Waals surface area (Å²) in [5.74, 6) is -0.00226. The summed E-state index contributed by atoms with van der Waals surface area (Å²) in [4.78, 5) is 18.7. The SMILES string of the molecule is CCCCNc1ncnc(NCc2ccc(F)cc2)c1[N+](=O)[O-]. The highest BCUT2D eigenvalue weighted by molar-refractivity contribution is 5.69. The van der Waals surface area contributed by atoms with E-state index in [2.05, 4.69) is 20.6 Å². The Bertz CT molecular complexity index is 663. The standard InChI is InChI=1S/C15H18FN5O2/c1-2-3-8-17-14-13(21(22)23)15(20-10-19-14)18-9-11-4-6-12(16)7-5-11/h4-7,10H,2-3,8-9H2,1H3,(H2,17,18,19,20). The van der Waals surface area contributed by atoms with Crippen LogP contribution in [0.3, 0.4) is 0 Å². The average molecular weight is 319 g/mol. The van der Waals surface area contributed by atoms with Gasteiger partial charge in [-0.15, -0.1) is 0 Å². The Labute approximate surface area is 133 Å². The second-order valence-corrected chi connectivity index (χ2v) is 4.94. The van der Waals surface area contributed by atoms with Crippen LogP contribution in [0.25, 0.3) is 0 Å². The lowest BCUT2D eigenvalue weighted by Crippen LogP contribution is -2.10. The highest BCUT2D eigenvalue weighted by atomic mass is 19.1. The van der Waals surface area contributed by atoms with Crippen molar-refractivity contribution in [3.63, 3.8) is 0 Å². The second kappa shape index (κ2) is 8.02. The summed E-state index contributed by atoms with van der Waals surface area (Å²) in [6.45, 7) is 2.93. The number of halogens is 1. The van der Waals surface area contributed by atoms with Gasteiger partial charge in [0.1, 0.15) is 12.1 Å². The van der Waals surface area contributed by atoms with Gasteiger partial charge < -0.3 is 10.6 Å². The van der Waals surface area contributed by atoms with Crippen molar-refractivity contribution in [2.24, 2.45) is 0 Å². The van der Waals surface area contributed by atoms with Crippen LogP contribution in [0.1, 0.15) is 25.3 Å². The second-order valence-electron chi connectivity index (χ2n) is 4.94. The molecule has 2 rings (SSSR count). The molecule has 1 heterocycles. The van der Waals surface area contributed by atoms with Gasteiger partial charge in [-0.25, -0.2) is 14.4 Å². The fourth-order valence-electron chi connectivity index (χ4n) is 1.98. The van der Waals surface area contributed by atoms with E-state index in [1.165, 1.54) is 18.5 Å². The van der Waals surface area contributed by atoms with Gasteiger partial charge in [-0.3, -0.25) is 10.1 Å². The van der Waals surface area contributed by atoms with Gasteiger partial charge >= 0.3 is 5.69 Å². The fourth-order valence-corrected chi connectivity index (χ4v) is 1.98. The normalized spacial score (nSPS) is 10.3. The molecule has 0 aliphatic carbocycles. The third kappa shape index (κ3) is 4.60. The van der Waals surface area contributed by atoms with Gasteiger partial charge in [-0.1, -0.05) is 25.5 Å². The van der Waals surface area contributed by atoms with Crippen LogP contribution in [-0.2, 0) is 6.54 Å². The largest absolute Gasteiger partial charge is 0.364 e. The Morgan fingerprint density at radius 3 is 2.43 bits per heavy atom. The lowest BCUT2D eigenvalue weighted by atomic mass is 10.2. The molecule has 8 heteroatoms. The Kier molecular flexibility index (Phi) is 5.79. The summed E-state index contributed by atoms with van der Waals surface area (Å²) >= 11 is 0. The molecule has 0 radical (unpaired) electrons. The van der Waals surface area contributed by atoms with E-state index < -0.39 is 4.92 Å². The molecule has 2 aromatic rings.